The number of aromatic nitrogens is 4. The summed E-state index contributed by atoms with van der Waals surface area (Å²) < 4.78 is 9.05. The maximum absolute atomic E-state index is 13.2. The van der Waals surface area contributed by atoms with Crippen molar-refractivity contribution < 1.29 is 4.42 Å². The van der Waals surface area contributed by atoms with Gasteiger partial charge in [0, 0.05) is 23.8 Å². The highest BCUT2D eigenvalue weighted by atomic mass is 32.2. The van der Waals surface area contributed by atoms with Crippen molar-refractivity contribution in [2.24, 2.45) is 5.92 Å². The van der Waals surface area contributed by atoms with Crippen LogP contribution in [0, 0.1) is 12.8 Å². The second-order valence-electron chi connectivity index (χ2n) is 8.65. The summed E-state index contributed by atoms with van der Waals surface area (Å²) in [5, 5.41) is 11.0. The first-order valence-electron chi connectivity index (χ1n) is 11.0. The van der Waals surface area contributed by atoms with Crippen molar-refractivity contribution in [3.63, 3.8) is 0 Å². The zero-order valence-corrected chi connectivity index (χ0v) is 19.6. The van der Waals surface area contributed by atoms with E-state index < -0.39 is 0 Å². The quantitative estimate of drug-likeness (QED) is 0.267. The molecule has 33 heavy (non-hydrogen) atoms. The van der Waals surface area contributed by atoms with Gasteiger partial charge < -0.3 is 4.42 Å². The molecule has 0 atom stereocenters. The molecule has 0 bridgehead atoms. The van der Waals surface area contributed by atoms with Gasteiger partial charge in [-0.2, -0.15) is 0 Å². The molecule has 0 aliphatic heterocycles. The maximum atomic E-state index is 13.2. The summed E-state index contributed by atoms with van der Waals surface area (Å²) in [6.45, 7) is 6.82. The Hall–Kier alpha value is -3.39. The molecule has 0 amide bonds. The largest absolute Gasteiger partial charge is 0.423 e. The SMILES string of the molecule is Cc1ccc2c(CSc3nnc4n(CCC(C)C)c(=O)c5ccccc5n34)cc(=O)oc2c1. The van der Waals surface area contributed by atoms with Gasteiger partial charge in [-0.15, -0.1) is 10.2 Å². The van der Waals surface area contributed by atoms with E-state index in [1.54, 1.807) is 4.57 Å². The number of hydrogen-bond donors (Lipinski definition) is 0. The van der Waals surface area contributed by atoms with E-state index in [0.717, 1.165) is 28.5 Å². The first-order valence-corrected chi connectivity index (χ1v) is 11.9. The van der Waals surface area contributed by atoms with Crippen molar-refractivity contribution >= 4 is 39.4 Å². The standard InChI is InChI=1S/C25H24N4O3S/c1-15(2)10-11-28-23(31)19-6-4-5-7-20(19)29-24(28)26-27-25(29)33-14-17-13-22(30)32-21-12-16(3)8-9-18(17)21/h4-9,12-13,15H,10-11,14H2,1-3H3. The van der Waals surface area contributed by atoms with Gasteiger partial charge in [-0.25, -0.2) is 4.79 Å². The van der Waals surface area contributed by atoms with Gasteiger partial charge in [-0.1, -0.05) is 49.9 Å². The minimum Gasteiger partial charge on any atom is -0.423 e. The van der Waals surface area contributed by atoms with Gasteiger partial charge in [0.1, 0.15) is 5.58 Å². The molecular formula is C25H24N4O3S. The molecule has 0 saturated carbocycles. The number of benzene rings is 2. The molecule has 0 fully saturated rings. The van der Waals surface area contributed by atoms with Crippen molar-refractivity contribution in [2.45, 2.75) is 44.6 Å². The van der Waals surface area contributed by atoms with Gasteiger partial charge in [-0.05, 0) is 48.6 Å². The van der Waals surface area contributed by atoms with Gasteiger partial charge >= 0.3 is 5.63 Å². The van der Waals surface area contributed by atoms with E-state index in [2.05, 4.69) is 24.0 Å². The van der Waals surface area contributed by atoms with Crippen molar-refractivity contribution in [1.82, 2.24) is 19.2 Å². The maximum Gasteiger partial charge on any atom is 0.336 e. The van der Waals surface area contributed by atoms with Crippen molar-refractivity contribution in [3.05, 3.63) is 80.4 Å². The van der Waals surface area contributed by atoms with E-state index >= 15 is 0 Å². The Balaban J connectivity index is 1.61. The van der Waals surface area contributed by atoms with E-state index in [1.807, 2.05) is 53.8 Å². The van der Waals surface area contributed by atoms with E-state index in [0.29, 0.717) is 40.1 Å². The first-order chi connectivity index (χ1) is 15.9. The van der Waals surface area contributed by atoms with E-state index in [9.17, 15) is 9.59 Å². The smallest absolute Gasteiger partial charge is 0.336 e. The second-order valence-corrected chi connectivity index (χ2v) is 9.60. The second kappa shape index (κ2) is 8.51. The number of aryl methyl sites for hydroxylation is 2. The van der Waals surface area contributed by atoms with Crippen LogP contribution >= 0.6 is 11.8 Å². The van der Waals surface area contributed by atoms with Gasteiger partial charge in [0.2, 0.25) is 5.78 Å². The lowest BCUT2D eigenvalue weighted by atomic mass is 10.1. The van der Waals surface area contributed by atoms with Gasteiger partial charge in [0.15, 0.2) is 5.16 Å². The highest BCUT2D eigenvalue weighted by Gasteiger charge is 2.17. The highest BCUT2D eigenvalue weighted by Crippen LogP contribution is 2.28. The average molecular weight is 461 g/mol. The summed E-state index contributed by atoms with van der Waals surface area (Å²) in [6, 6.07) is 14.9. The van der Waals surface area contributed by atoms with E-state index in [4.69, 9.17) is 4.42 Å². The summed E-state index contributed by atoms with van der Waals surface area (Å²) in [7, 11) is 0. The third-order valence-corrected chi connectivity index (χ3v) is 6.73. The van der Waals surface area contributed by atoms with Crippen LogP contribution in [-0.2, 0) is 12.3 Å². The first kappa shape index (κ1) is 21.5. The number of fused-ring (bicyclic) bond motifs is 4. The molecule has 5 aromatic rings. The van der Waals surface area contributed by atoms with Crippen LogP contribution in [0.15, 0.2) is 67.7 Å². The molecule has 0 aliphatic carbocycles. The molecule has 0 radical (unpaired) electrons. The fourth-order valence-electron chi connectivity index (χ4n) is 4.01. The summed E-state index contributed by atoms with van der Waals surface area (Å²) >= 11 is 1.48. The molecule has 0 spiro atoms. The lowest BCUT2D eigenvalue weighted by Gasteiger charge is -2.12. The third-order valence-electron chi connectivity index (χ3n) is 5.75. The third kappa shape index (κ3) is 3.95. The number of rotatable bonds is 6. The normalized spacial score (nSPS) is 11.9. The molecule has 3 aromatic heterocycles. The van der Waals surface area contributed by atoms with Crippen LogP contribution < -0.4 is 11.2 Å². The summed E-state index contributed by atoms with van der Waals surface area (Å²) in [4.78, 5) is 25.3. The van der Waals surface area contributed by atoms with Gasteiger partial charge in [0.25, 0.3) is 5.56 Å². The minimum atomic E-state index is -0.372. The van der Waals surface area contributed by atoms with Gasteiger partial charge in [0.05, 0.1) is 10.9 Å². The number of thioether (sulfide) groups is 1. The van der Waals surface area contributed by atoms with Crippen molar-refractivity contribution in [1.29, 1.82) is 0 Å². The van der Waals surface area contributed by atoms with Crippen LogP contribution in [0.5, 0.6) is 0 Å². The topological polar surface area (TPSA) is 82.4 Å². The van der Waals surface area contributed by atoms with Crippen LogP contribution in [0.2, 0.25) is 0 Å². The lowest BCUT2D eigenvalue weighted by Crippen LogP contribution is -2.24. The van der Waals surface area contributed by atoms with Crippen LogP contribution in [-0.4, -0.2) is 19.2 Å². The van der Waals surface area contributed by atoms with E-state index in [-0.39, 0.29) is 11.2 Å². The molecule has 8 heteroatoms. The van der Waals surface area contributed by atoms with Crippen LogP contribution in [0.1, 0.15) is 31.4 Å². The average Bonchev–Trinajstić information content (AvgIpc) is 3.20. The number of para-hydroxylation sites is 1. The lowest BCUT2D eigenvalue weighted by molar-refractivity contribution is 0.512. The molecule has 7 nitrogen and oxygen atoms in total. The monoisotopic (exact) mass is 460 g/mol. The Morgan fingerprint density at radius 1 is 1.03 bits per heavy atom. The Kier molecular flexibility index (Phi) is 5.54. The Morgan fingerprint density at radius 2 is 1.85 bits per heavy atom. The zero-order chi connectivity index (χ0) is 23.1. The molecule has 5 rings (SSSR count). The van der Waals surface area contributed by atoms with Crippen molar-refractivity contribution in [3.8, 4) is 0 Å². The van der Waals surface area contributed by atoms with Gasteiger partial charge in [-0.3, -0.25) is 13.8 Å². The predicted octanol–water partition coefficient (Wildman–Crippen LogP) is 4.80. The fraction of sp³-hybridized carbons (Fsp3) is 0.280. The molecule has 168 valence electrons. The Morgan fingerprint density at radius 3 is 2.67 bits per heavy atom. The molecule has 0 aliphatic rings. The molecule has 2 aromatic carbocycles. The molecular weight excluding hydrogens is 436 g/mol. The number of hydrogen-bond acceptors (Lipinski definition) is 6. The predicted molar refractivity (Wildman–Crippen MR) is 131 cm³/mol. The fourth-order valence-corrected chi connectivity index (χ4v) is 4.95. The summed E-state index contributed by atoms with van der Waals surface area (Å²) in [5.74, 6) is 1.52. The molecule has 3 heterocycles. The summed E-state index contributed by atoms with van der Waals surface area (Å²) in [5.41, 5.74) is 2.84. The molecule has 0 N–H and O–H groups in total. The van der Waals surface area contributed by atoms with E-state index in [1.165, 1.54) is 17.8 Å². The Labute approximate surface area is 194 Å². The van der Waals surface area contributed by atoms with Crippen molar-refractivity contribution in [2.75, 3.05) is 0 Å². The highest BCUT2D eigenvalue weighted by molar-refractivity contribution is 7.98. The molecule has 0 saturated heterocycles. The van der Waals surface area contributed by atoms with Crippen LogP contribution in [0.3, 0.4) is 0 Å². The van der Waals surface area contributed by atoms with Crippen LogP contribution in [0.25, 0.3) is 27.6 Å². The summed E-state index contributed by atoms with van der Waals surface area (Å²) in [6.07, 6.45) is 0.869. The Bertz CT molecular complexity index is 1610. The molecule has 0 unspecified atom stereocenters. The van der Waals surface area contributed by atoms with Crippen LogP contribution in [0.4, 0.5) is 0 Å². The minimum absolute atomic E-state index is 0.0512. The zero-order valence-electron chi connectivity index (χ0n) is 18.7. The number of nitrogens with zero attached hydrogens (tertiary/aromatic N) is 4.